The fourth-order valence-corrected chi connectivity index (χ4v) is 3.20. The fraction of sp³-hybridized carbons (Fsp3) is 0.286. The monoisotopic (exact) mass is 386 g/mol. The van der Waals surface area contributed by atoms with Crippen LogP contribution in [-0.4, -0.2) is 33.9 Å². The fourth-order valence-electron chi connectivity index (χ4n) is 1.47. The largest absolute Gasteiger partial charge is 0.466 e. The molecule has 0 unspecified atom stereocenters. The molecule has 24 heavy (non-hydrogen) atoms. The van der Waals surface area contributed by atoms with E-state index < -0.39 is 5.91 Å². The van der Waals surface area contributed by atoms with E-state index in [0.29, 0.717) is 20.1 Å². The van der Waals surface area contributed by atoms with Gasteiger partial charge in [0, 0.05) is 10.6 Å². The molecular weight excluding hydrogens is 372 g/mol. The summed E-state index contributed by atoms with van der Waals surface area (Å²) in [7, 11) is 0. The van der Waals surface area contributed by atoms with Gasteiger partial charge in [0.05, 0.1) is 11.9 Å². The molecule has 2 rings (SSSR count). The molecule has 0 saturated heterocycles. The minimum absolute atomic E-state index is 0.0159. The lowest BCUT2D eigenvalue weighted by Crippen LogP contribution is -2.42. The van der Waals surface area contributed by atoms with Gasteiger partial charge in [-0.05, 0) is 49.4 Å². The molecule has 2 aromatic rings. The lowest BCUT2D eigenvalue weighted by Gasteiger charge is -2.06. The molecule has 0 atom stereocenters. The standard InChI is InChI=1S/C14H15ClN4O3S2/c1-8(2)22-13-18-19-14(24-13)23-7-11(20)16-17-12(21)9-3-5-10(15)6-4-9/h3-6,8H,7H2,1-2H3,(H,16,20)(H,17,21). The highest BCUT2D eigenvalue weighted by molar-refractivity contribution is 8.01. The lowest BCUT2D eigenvalue weighted by atomic mass is 10.2. The van der Waals surface area contributed by atoms with Crippen molar-refractivity contribution in [3.63, 3.8) is 0 Å². The second-order valence-corrected chi connectivity index (χ2v) is 7.40. The first-order chi connectivity index (χ1) is 11.4. The number of nitrogens with one attached hydrogen (secondary N) is 2. The minimum atomic E-state index is -0.423. The second kappa shape index (κ2) is 8.86. The minimum Gasteiger partial charge on any atom is -0.466 e. The number of aromatic nitrogens is 2. The van der Waals surface area contributed by atoms with E-state index in [-0.39, 0.29) is 17.8 Å². The quantitative estimate of drug-likeness (QED) is 0.585. The van der Waals surface area contributed by atoms with Crippen LogP contribution in [-0.2, 0) is 4.79 Å². The summed E-state index contributed by atoms with van der Waals surface area (Å²) in [4.78, 5) is 23.6. The summed E-state index contributed by atoms with van der Waals surface area (Å²) in [5, 5.41) is 8.78. The van der Waals surface area contributed by atoms with Gasteiger partial charge in [0.1, 0.15) is 0 Å². The molecule has 0 aliphatic rings. The van der Waals surface area contributed by atoms with Crippen molar-refractivity contribution in [1.82, 2.24) is 21.0 Å². The summed E-state index contributed by atoms with van der Waals surface area (Å²) >= 11 is 8.22. The SMILES string of the molecule is CC(C)Oc1nnc(SCC(=O)NNC(=O)c2ccc(Cl)cc2)s1. The number of ether oxygens (including phenoxy) is 1. The number of hydrogen-bond donors (Lipinski definition) is 2. The van der Waals surface area contributed by atoms with Gasteiger partial charge >= 0.3 is 0 Å². The molecule has 1 heterocycles. The highest BCUT2D eigenvalue weighted by Crippen LogP contribution is 2.27. The molecule has 1 aromatic heterocycles. The van der Waals surface area contributed by atoms with Crippen molar-refractivity contribution in [3.8, 4) is 5.19 Å². The van der Waals surface area contributed by atoms with Gasteiger partial charge in [-0.15, -0.1) is 5.10 Å². The van der Waals surface area contributed by atoms with Gasteiger partial charge in [-0.3, -0.25) is 20.4 Å². The Hall–Kier alpha value is -1.84. The van der Waals surface area contributed by atoms with E-state index >= 15 is 0 Å². The number of thioether (sulfide) groups is 1. The van der Waals surface area contributed by atoms with Crippen LogP contribution in [0.5, 0.6) is 5.19 Å². The predicted molar refractivity (Wildman–Crippen MR) is 93.5 cm³/mol. The van der Waals surface area contributed by atoms with Gasteiger partial charge in [-0.2, -0.15) is 0 Å². The molecule has 1 aromatic carbocycles. The van der Waals surface area contributed by atoms with E-state index in [9.17, 15) is 9.59 Å². The molecule has 0 aliphatic heterocycles. The number of carbonyl (C=O) groups excluding carboxylic acids is 2. The van der Waals surface area contributed by atoms with Gasteiger partial charge in [-0.1, -0.05) is 28.5 Å². The second-order valence-electron chi connectivity index (χ2n) is 4.80. The molecule has 128 valence electrons. The summed E-state index contributed by atoms with van der Waals surface area (Å²) in [5.41, 5.74) is 5.07. The van der Waals surface area contributed by atoms with Crippen molar-refractivity contribution in [2.45, 2.75) is 24.3 Å². The molecule has 0 aliphatic carbocycles. The molecule has 7 nitrogen and oxygen atoms in total. The topological polar surface area (TPSA) is 93.2 Å². The van der Waals surface area contributed by atoms with Gasteiger partial charge in [0.2, 0.25) is 5.91 Å². The van der Waals surface area contributed by atoms with E-state index in [4.69, 9.17) is 16.3 Å². The van der Waals surface area contributed by atoms with Crippen LogP contribution >= 0.6 is 34.7 Å². The van der Waals surface area contributed by atoms with Gasteiger partial charge in [0.25, 0.3) is 11.1 Å². The van der Waals surface area contributed by atoms with E-state index in [1.165, 1.54) is 23.1 Å². The van der Waals surface area contributed by atoms with Gasteiger partial charge in [-0.25, -0.2) is 0 Å². The van der Waals surface area contributed by atoms with Crippen LogP contribution in [0.15, 0.2) is 28.6 Å². The van der Waals surface area contributed by atoms with Crippen molar-refractivity contribution in [2.75, 3.05) is 5.75 Å². The smallest absolute Gasteiger partial charge is 0.295 e. The third-order valence-corrected chi connectivity index (χ3v) is 4.67. The summed E-state index contributed by atoms with van der Waals surface area (Å²) in [6.07, 6.45) is 0.0159. The highest BCUT2D eigenvalue weighted by Gasteiger charge is 2.11. The number of halogens is 1. The van der Waals surface area contributed by atoms with Crippen molar-refractivity contribution in [1.29, 1.82) is 0 Å². The number of carbonyl (C=O) groups is 2. The maximum Gasteiger partial charge on any atom is 0.295 e. The molecule has 0 spiro atoms. The van der Waals surface area contributed by atoms with Crippen molar-refractivity contribution in [3.05, 3.63) is 34.9 Å². The van der Waals surface area contributed by atoms with Crippen LogP contribution in [0.2, 0.25) is 5.02 Å². The Labute approximate surface area is 152 Å². The van der Waals surface area contributed by atoms with Crippen molar-refractivity contribution < 1.29 is 14.3 Å². The van der Waals surface area contributed by atoms with Gasteiger partial charge in [0.15, 0.2) is 4.34 Å². The third kappa shape index (κ3) is 5.99. The maximum atomic E-state index is 11.8. The zero-order valence-electron chi connectivity index (χ0n) is 12.9. The molecule has 0 radical (unpaired) electrons. The number of amides is 2. The average Bonchev–Trinajstić information content (AvgIpc) is 2.98. The van der Waals surface area contributed by atoms with Crippen molar-refractivity contribution in [2.24, 2.45) is 0 Å². The van der Waals surface area contributed by atoms with Crippen LogP contribution in [0.25, 0.3) is 0 Å². The molecule has 10 heteroatoms. The zero-order valence-corrected chi connectivity index (χ0v) is 15.3. The van der Waals surface area contributed by atoms with Crippen molar-refractivity contribution >= 4 is 46.5 Å². The molecule has 0 fully saturated rings. The number of hydrazine groups is 1. The average molecular weight is 387 g/mol. The van der Waals surface area contributed by atoms with Crippen LogP contribution in [0, 0.1) is 0 Å². The molecule has 2 N–H and O–H groups in total. The van der Waals surface area contributed by atoms with E-state index in [1.54, 1.807) is 24.3 Å². The Bertz CT molecular complexity index is 706. The molecular formula is C14H15ClN4O3S2. The van der Waals surface area contributed by atoms with Crippen LogP contribution in [0.1, 0.15) is 24.2 Å². The van der Waals surface area contributed by atoms with Crippen LogP contribution in [0.3, 0.4) is 0 Å². The Morgan fingerprint density at radius 1 is 1.25 bits per heavy atom. The van der Waals surface area contributed by atoms with Crippen LogP contribution < -0.4 is 15.6 Å². The van der Waals surface area contributed by atoms with Gasteiger partial charge < -0.3 is 4.74 Å². The summed E-state index contributed by atoms with van der Waals surface area (Å²) in [5.74, 6) is -0.686. The van der Waals surface area contributed by atoms with E-state index in [1.807, 2.05) is 13.8 Å². The Kier molecular flexibility index (Phi) is 6.83. The Balaban J connectivity index is 1.74. The summed E-state index contributed by atoms with van der Waals surface area (Å²) in [6, 6.07) is 6.33. The maximum absolute atomic E-state index is 11.8. The summed E-state index contributed by atoms with van der Waals surface area (Å²) < 4.78 is 6.02. The first-order valence-electron chi connectivity index (χ1n) is 6.91. The molecule has 2 amide bonds. The number of hydrogen-bond acceptors (Lipinski definition) is 7. The molecule has 0 saturated carbocycles. The number of nitrogens with zero attached hydrogens (tertiary/aromatic N) is 2. The van der Waals surface area contributed by atoms with Crippen LogP contribution in [0.4, 0.5) is 0 Å². The Morgan fingerprint density at radius 3 is 2.62 bits per heavy atom. The Morgan fingerprint density at radius 2 is 1.96 bits per heavy atom. The van der Waals surface area contributed by atoms with E-state index in [2.05, 4.69) is 21.0 Å². The van der Waals surface area contributed by atoms with E-state index in [0.717, 1.165) is 0 Å². The number of benzene rings is 1. The normalized spacial score (nSPS) is 10.5. The summed E-state index contributed by atoms with van der Waals surface area (Å²) in [6.45, 7) is 3.79. The number of rotatable bonds is 6. The third-order valence-electron chi connectivity index (χ3n) is 2.47. The zero-order chi connectivity index (χ0) is 17.5. The first-order valence-corrected chi connectivity index (χ1v) is 9.09. The lowest BCUT2D eigenvalue weighted by molar-refractivity contribution is -0.119. The predicted octanol–water partition coefficient (Wildman–Crippen LogP) is 2.53. The molecule has 0 bridgehead atoms. The first kappa shape index (κ1) is 18.5. The highest BCUT2D eigenvalue weighted by atomic mass is 35.5.